The predicted molar refractivity (Wildman–Crippen MR) is 71.1 cm³/mol. The Labute approximate surface area is 115 Å². The maximum atomic E-state index is 12.0. The van der Waals surface area contributed by atoms with Gasteiger partial charge in [0, 0.05) is 12.0 Å². The van der Waals surface area contributed by atoms with Crippen molar-refractivity contribution in [2.75, 3.05) is 6.61 Å². The monoisotopic (exact) mass is 271 g/mol. The maximum Gasteiger partial charge on any atom is 0.365 e. The highest BCUT2D eigenvalue weighted by Crippen LogP contribution is 2.19. The van der Waals surface area contributed by atoms with E-state index in [-0.39, 0.29) is 0 Å². The van der Waals surface area contributed by atoms with Crippen LogP contribution in [0.25, 0.3) is 11.3 Å². The SMILES string of the molecule is Cc1ccc(-c2cnn(C3CCOC3=O)c(=O)n2)cc1. The maximum absolute atomic E-state index is 12.0. The highest BCUT2D eigenvalue weighted by Gasteiger charge is 2.30. The number of hydrogen-bond donors (Lipinski definition) is 0. The van der Waals surface area contributed by atoms with Crippen molar-refractivity contribution in [3.8, 4) is 11.3 Å². The van der Waals surface area contributed by atoms with E-state index in [4.69, 9.17) is 4.74 Å². The first-order chi connectivity index (χ1) is 9.65. The van der Waals surface area contributed by atoms with Crippen LogP contribution in [-0.4, -0.2) is 27.3 Å². The minimum atomic E-state index is -0.651. The van der Waals surface area contributed by atoms with Gasteiger partial charge in [-0.25, -0.2) is 9.59 Å². The van der Waals surface area contributed by atoms with Crippen LogP contribution in [0.3, 0.4) is 0 Å². The molecule has 3 rings (SSSR count). The van der Waals surface area contributed by atoms with E-state index >= 15 is 0 Å². The molecule has 0 aliphatic carbocycles. The Hall–Kier alpha value is -2.50. The smallest absolute Gasteiger partial charge is 0.365 e. The van der Waals surface area contributed by atoms with E-state index in [2.05, 4.69) is 10.1 Å². The Morgan fingerprint density at radius 3 is 2.60 bits per heavy atom. The summed E-state index contributed by atoms with van der Waals surface area (Å²) in [6.07, 6.45) is 1.95. The molecule has 2 heterocycles. The zero-order chi connectivity index (χ0) is 14.1. The van der Waals surface area contributed by atoms with Gasteiger partial charge in [-0.1, -0.05) is 29.8 Å². The van der Waals surface area contributed by atoms with E-state index in [0.29, 0.717) is 18.7 Å². The highest BCUT2D eigenvalue weighted by atomic mass is 16.5. The number of esters is 1. The third-order valence-corrected chi connectivity index (χ3v) is 3.27. The largest absolute Gasteiger partial charge is 0.464 e. The van der Waals surface area contributed by atoms with Gasteiger partial charge in [0.05, 0.1) is 18.5 Å². The van der Waals surface area contributed by atoms with Crippen LogP contribution in [0.4, 0.5) is 0 Å². The van der Waals surface area contributed by atoms with Crippen LogP contribution in [0.5, 0.6) is 0 Å². The van der Waals surface area contributed by atoms with E-state index < -0.39 is 17.7 Å². The number of carbonyl (C=O) groups is 1. The molecule has 0 spiro atoms. The molecular weight excluding hydrogens is 258 g/mol. The molecule has 1 aliphatic rings. The summed E-state index contributed by atoms with van der Waals surface area (Å²) >= 11 is 0. The fourth-order valence-corrected chi connectivity index (χ4v) is 2.13. The molecule has 2 aromatic rings. The van der Waals surface area contributed by atoms with Gasteiger partial charge in [-0.2, -0.15) is 14.8 Å². The summed E-state index contributed by atoms with van der Waals surface area (Å²) < 4.78 is 5.93. The lowest BCUT2D eigenvalue weighted by atomic mass is 10.1. The molecule has 1 fully saturated rings. The third kappa shape index (κ3) is 2.20. The Balaban J connectivity index is 1.97. The number of ether oxygens (including phenoxy) is 1. The van der Waals surface area contributed by atoms with E-state index in [1.807, 2.05) is 31.2 Å². The average Bonchev–Trinajstić information content (AvgIpc) is 2.86. The molecule has 1 aromatic heterocycles. The summed E-state index contributed by atoms with van der Waals surface area (Å²) in [6.45, 7) is 2.30. The van der Waals surface area contributed by atoms with Crippen LogP contribution in [0.2, 0.25) is 0 Å². The molecule has 1 aliphatic heterocycles. The van der Waals surface area contributed by atoms with Crippen molar-refractivity contribution in [2.24, 2.45) is 0 Å². The average molecular weight is 271 g/mol. The normalized spacial score (nSPS) is 18.1. The lowest BCUT2D eigenvalue weighted by Gasteiger charge is -2.08. The van der Waals surface area contributed by atoms with Crippen LogP contribution in [0.15, 0.2) is 35.3 Å². The molecule has 1 atom stereocenters. The first-order valence-corrected chi connectivity index (χ1v) is 6.35. The Bertz CT molecular complexity index is 706. The van der Waals surface area contributed by atoms with Gasteiger partial charge in [0.25, 0.3) is 0 Å². The molecule has 102 valence electrons. The fraction of sp³-hybridized carbons (Fsp3) is 0.286. The van der Waals surface area contributed by atoms with Gasteiger partial charge in [-0.05, 0) is 6.92 Å². The fourth-order valence-electron chi connectivity index (χ4n) is 2.13. The highest BCUT2D eigenvalue weighted by molar-refractivity contribution is 5.75. The van der Waals surface area contributed by atoms with E-state index in [1.165, 1.54) is 6.20 Å². The molecule has 1 unspecified atom stereocenters. The van der Waals surface area contributed by atoms with Crippen molar-refractivity contribution in [1.29, 1.82) is 0 Å². The zero-order valence-corrected chi connectivity index (χ0v) is 10.9. The number of nitrogens with zero attached hydrogens (tertiary/aromatic N) is 3. The number of carbonyl (C=O) groups excluding carboxylic acids is 1. The first-order valence-electron chi connectivity index (χ1n) is 6.35. The summed E-state index contributed by atoms with van der Waals surface area (Å²) in [5.41, 5.74) is 1.91. The lowest BCUT2D eigenvalue weighted by molar-refractivity contribution is -0.141. The van der Waals surface area contributed by atoms with Crippen molar-refractivity contribution in [1.82, 2.24) is 14.8 Å². The molecule has 20 heavy (non-hydrogen) atoms. The number of aromatic nitrogens is 3. The minimum absolute atomic E-state index is 0.317. The topological polar surface area (TPSA) is 74.1 Å². The molecule has 1 saturated heterocycles. The number of cyclic esters (lactones) is 1. The zero-order valence-electron chi connectivity index (χ0n) is 10.9. The standard InChI is InChI=1S/C14H13N3O3/c1-9-2-4-10(5-3-9)11-8-15-17(14(19)16-11)12-6-7-20-13(12)18/h2-5,8,12H,6-7H2,1H3. The summed E-state index contributed by atoms with van der Waals surface area (Å²) in [5.74, 6) is -0.426. The summed E-state index contributed by atoms with van der Waals surface area (Å²) in [7, 11) is 0. The second-order valence-corrected chi connectivity index (χ2v) is 4.71. The molecule has 6 nitrogen and oxygen atoms in total. The minimum Gasteiger partial charge on any atom is -0.464 e. The van der Waals surface area contributed by atoms with E-state index in [9.17, 15) is 9.59 Å². The molecule has 0 saturated carbocycles. The van der Waals surface area contributed by atoms with Crippen LogP contribution in [-0.2, 0) is 9.53 Å². The Morgan fingerprint density at radius 1 is 1.25 bits per heavy atom. The van der Waals surface area contributed by atoms with Gasteiger partial charge in [-0.3, -0.25) is 0 Å². The summed E-state index contributed by atoms with van der Waals surface area (Å²) in [4.78, 5) is 27.5. The van der Waals surface area contributed by atoms with Crippen LogP contribution in [0.1, 0.15) is 18.0 Å². The van der Waals surface area contributed by atoms with Crippen molar-refractivity contribution in [3.63, 3.8) is 0 Å². The van der Waals surface area contributed by atoms with Crippen molar-refractivity contribution in [2.45, 2.75) is 19.4 Å². The quantitative estimate of drug-likeness (QED) is 0.765. The van der Waals surface area contributed by atoms with E-state index in [1.54, 1.807) is 0 Å². The molecule has 6 heteroatoms. The van der Waals surface area contributed by atoms with Crippen LogP contribution in [0, 0.1) is 6.92 Å². The van der Waals surface area contributed by atoms with E-state index in [0.717, 1.165) is 15.8 Å². The second kappa shape index (κ2) is 4.88. The van der Waals surface area contributed by atoms with Gasteiger partial charge >= 0.3 is 11.7 Å². The molecule has 0 bridgehead atoms. The number of rotatable bonds is 2. The Kier molecular flexibility index (Phi) is 3.06. The van der Waals surface area contributed by atoms with Gasteiger partial charge in [0.2, 0.25) is 0 Å². The van der Waals surface area contributed by atoms with Gasteiger partial charge in [0.15, 0.2) is 6.04 Å². The molecule has 0 radical (unpaired) electrons. The Morgan fingerprint density at radius 2 is 2.00 bits per heavy atom. The molecule has 0 amide bonds. The summed E-state index contributed by atoms with van der Waals surface area (Å²) in [6, 6.07) is 7.00. The number of benzene rings is 1. The molecular formula is C14H13N3O3. The molecule has 1 aromatic carbocycles. The van der Waals surface area contributed by atoms with Gasteiger partial charge in [-0.15, -0.1) is 0 Å². The van der Waals surface area contributed by atoms with Gasteiger partial charge < -0.3 is 4.74 Å². The van der Waals surface area contributed by atoms with Crippen molar-refractivity contribution < 1.29 is 9.53 Å². The first kappa shape index (κ1) is 12.5. The third-order valence-electron chi connectivity index (χ3n) is 3.27. The van der Waals surface area contributed by atoms with Crippen molar-refractivity contribution in [3.05, 3.63) is 46.5 Å². The van der Waals surface area contributed by atoms with Gasteiger partial charge in [0.1, 0.15) is 0 Å². The predicted octanol–water partition coefficient (Wildman–Crippen LogP) is 1.10. The van der Waals surface area contributed by atoms with Crippen molar-refractivity contribution >= 4 is 5.97 Å². The lowest BCUT2D eigenvalue weighted by Crippen LogP contribution is -2.31. The summed E-state index contributed by atoms with van der Waals surface area (Å²) in [5, 5.41) is 4.05. The van der Waals surface area contributed by atoms with Crippen LogP contribution >= 0.6 is 0 Å². The second-order valence-electron chi connectivity index (χ2n) is 4.71. The molecule has 0 N–H and O–H groups in total. The number of aryl methyl sites for hydroxylation is 1. The van der Waals surface area contributed by atoms with Crippen LogP contribution < -0.4 is 5.69 Å². The number of hydrogen-bond acceptors (Lipinski definition) is 5.